The van der Waals surface area contributed by atoms with E-state index in [1.54, 1.807) is 26.2 Å². The molecule has 0 saturated carbocycles. The van der Waals surface area contributed by atoms with Crippen molar-refractivity contribution in [2.75, 3.05) is 34.4 Å². The predicted octanol–water partition coefficient (Wildman–Crippen LogP) is 5.96. The van der Waals surface area contributed by atoms with E-state index in [-0.39, 0.29) is 53.4 Å². The SMILES string of the molecule is CC[C@@H]1C[C@H](N(Cc2cc(Cl)cc(C(F)(F)F)c2)c2ncc(N3CCS(=O)(=O)CC3)cn2)C[C@H](CC)N1C(=O)OC(C)C. The number of rotatable bonds is 8. The van der Waals surface area contributed by atoms with Crippen molar-refractivity contribution in [2.24, 2.45) is 0 Å². The Hall–Kier alpha value is -2.80. The van der Waals surface area contributed by atoms with Crippen molar-refractivity contribution < 1.29 is 31.1 Å². The molecule has 3 heterocycles. The van der Waals surface area contributed by atoms with Crippen LogP contribution in [0.1, 0.15) is 64.5 Å². The Kier molecular flexibility index (Phi) is 10.4. The van der Waals surface area contributed by atoms with Crippen LogP contribution in [-0.4, -0.2) is 78.2 Å². The number of carbonyl (C=O) groups excluding carboxylic acids is 1. The highest BCUT2D eigenvalue weighted by Gasteiger charge is 2.41. The summed E-state index contributed by atoms with van der Waals surface area (Å²) in [6.07, 6.45) is 0.466. The van der Waals surface area contributed by atoms with Gasteiger partial charge in [-0.15, -0.1) is 0 Å². The lowest BCUT2D eigenvalue weighted by Gasteiger charge is -2.47. The Morgan fingerprint density at radius 3 is 2.16 bits per heavy atom. The van der Waals surface area contributed by atoms with E-state index in [1.807, 2.05) is 28.5 Å². The van der Waals surface area contributed by atoms with Gasteiger partial charge >= 0.3 is 12.3 Å². The Morgan fingerprint density at radius 2 is 1.65 bits per heavy atom. The van der Waals surface area contributed by atoms with Gasteiger partial charge < -0.3 is 19.4 Å². The summed E-state index contributed by atoms with van der Waals surface area (Å²) in [7, 11) is -3.06. The van der Waals surface area contributed by atoms with Crippen molar-refractivity contribution >= 4 is 39.2 Å². The molecule has 9 nitrogen and oxygen atoms in total. The van der Waals surface area contributed by atoms with Crippen LogP contribution in [-0.2, 0) is 27.3 Å². The number of anilines is 2. The summed E-state index contributed by atoms with van der Waals surface area (Å²) in [5, 5.41) is -0.0230. The molecule has 0 aliphatic carbocycles. The molecule has 0 N–H and O–H groups in total. The van der Waals surface area contributed by atoms with Gasteiger partial charge in [-0.25, -0.2) is 23.2 Å². The standard InChI is InChI=1S/C29H39ClF3N5O4S/c1-5-23-14-25(15-24(6-2)38(23)28(39)42-19(3)4)37(18-20-11-21(29(31,32)33)13-22(30)12-20)27-34-16-26(17-35-27)36-7-9-43(40,41)10-8-36/h11-13,16-17,19,23-25H,5-10,14-15,18H2,1-4H3/t23-,24+,25+. The minimum atomic E-state index is -4.56. The largest absolute Gasteiger partial charge is 0.447 e. The van der Waals surface area contributed by atoms with Gasteiger partial charge in [0.1, 0.15) is 0 Å². The average Bonchev–Trinajstić information content (AvgIpc) is 2.94. The fourth-order valence-corrected chi connectivity index (χ4v) is 7.31. The third kappa shape index (κ3) is 8.23. The first kappa shape index (κ1) is 33.1. The van der Waals surface area contributed by atoms with E-state index in [0.717, 1.165) is 12.1 Å². The van der Waals surface area contributed by atoms with Crippen LogP contribution in [0, 0.1) is 0 Å². The maximum atomic E-state index is 13.6. The van der Waals surface area contributed by atoms with E-state index in [0.29, 0.717) is 56.0 Å². The van der Waals surface area contributed by atoms with Gasteiger partial charge in [0.25, 0.3) is 0 Å². The lowest BCUT2D eigenvalue weighted by Crippen LogP contribution is -2.57. The highest BCUT2D eigenvalue weighted by atomic mass is 35.5. The number of alkyl halides is 3. The summed E-state index contributed by atoms with van der Waals surface area (Å²) in [5.74, 6) is 0.423. The molecule has 0 bridgehead atoms. The van der Waals surface area contributed by atoms with Crippen LogP contribution in [0.25, 0.3) is 0 Å². The van der Waals surface area contributed by atoms with E-state index in [9.17, 15) is 26.4 Å². The first-order valence-corrected chi connectivity index (χ1v) is 16.8. The maximum Gasteiger partial charge on any atom is 0.416 e. The van der Waals surface area contributed by atoms with Crippen molar-refractivity contribution in [1.29, 1.82) is 0 Å². The quantitative estimate of drug-likeness (QED) is 0.347. The minimum absolute atomic E-state index is 0.0230. The second kappa shape index (κ2) is 13.5. The number of ether oxygens (including phenoxy) is 1. The van der Waals surface area contributed by atoms with E-state index in [2.05, 4.69) is 9.97 Å². The normalized spacial score (nSPS) is 22.5. The molecule has 2 aliphatic heterocycles. The molecule has 14 heteroatoms. The Morgan fingerprint density at radius 1 is 1.07 bits per heavy atom. The molecule has 2 aromatic rings. The van der Waals surface area contributed by atoms with Crippen LogP contribution in [0.2, 0.25) is 5.02 Å². The van der Waals surface area contributed by atoms with Crippen LogP contribution < -0.4 is 9.80 Å². The predicted molar refractivity (Wildman–Crippen MR) is 160 cm³/mol. The van der Waals surface area contributed by atoms with Gasteiger partial charge in [0.05, 0.1) is 41.3 Å². The first-order chi connectivity index (χ1) is 20.2. The lowest BCUT2D eigenvalue weighted by molar-refractivity contribution is -0.137. The average molecular weight is 646 g/mol. The zero-order chi connectivity index (χ0) is 31.5. The third-order valence-electron chi connectivity index (χ3n) is 8.03. The number of halogens is 4. The zero-order valence-corrected chi connectivity index (χ0v) is 26.4. The summed E-state index contributed by atoms with van der Waals surface area (Å²) in [6.45, 7) is 8.33. The van der Waals surface area contributed by atoms with Gasteiger partial charge in [0.2, 0.25) is 5.95 Å². The summed E-state index contributed by atoms with van der Waals surface area (Å²) in [5.41, 5.74) is 0.191. The van der Waals surface area contributed by atoms with Gasteiger partial charge in [-0.2, -0.15) is 13.2 Å². The molecule has 1 aromatic heterocycles. The van der Waals surface area contributed by atoms with Gasteiger partial charge in [-0.1, -0.05) is 25.4 Å². The number of amides is 1. The fraction of sp³-hybridized carbons (Fsp3) is 0.621. The minimum Gasteiger partial charge on any atom is -0.447 e. The fourth-order valence-electron chi connectivity index (χ4n) is 5.85. The van der Waals surface area contributed by atoms with Crippen molar-refractivity contribution in [2.45, 2.75) is 90.3 Å². The van der Waals surface area contributed by atoms with Gasteiger partial charge in [0.15, 0.2) is 9.84 Å². The van der Waals surface area contributed by atoms with Crippen LogP contribution >= 0.6 is 11.6 Å². The smallest absolute Gasteiger partial charge is 0.416 e. The summed E-state index contributed by atoms with van der Waals surface area (Å²) < 4.78 is 70.2. The molecule has 4 rings (SSSR count). The Balaban J connectivity index is 1.68. The highest BCUT2D eigenvalue weighted by molar-refractivity contribution is 7.91. The second-order valence-electron chi connectivity index (χ2n) is 11.4. The number of benzene rings is 1. The van der Waals surface area contributed by atoms with Gasteiger partial charge in [-0.3, -0.25) is 0 Å². The van der Waals surface area contributed by atoms with Crippen LogP contribution in [0.3, 0.4) is 0 Å². The van der Waals surface area contributed by atoms with E-state index in [4.69, 9.17) is 16.3 Å². The molecule has 1 amide bonds. The molecular weight excluding hydrogens is 607 g/mol. The topological polar surface area (TPSA) is 95.9 Å². The highest BCUT2D eigenvalue weighted by Crippen LogP contribution is 2.36. The lowest BCUT2D eigenvalue weighted by atomic mass is 9.87. The van der Waals surface area contributed by atoms with Crippen LogP contribution in [0.15, 0.2) is 30.6 Å². The van der Waals surface area contributed by atoms with Gasteiger partial charge in [0, 0.05) is 42.8 Å². The molecule has 2 saturated heterocycles. The number of likely N-dealkylation sites (tertiary alicyclic amines) is 1. The Labute approximate surface area is 256 Å². The monoisotopic (exact) mass is 645 g/mol. The van der Waals surface area contributed by atoms with Crippen LogP contribution in [0.4, 0.5) is 29.6 Å². The van der Waals surface area contributed by atoms with Crippen LogP contribution in [0.5, 0.6) is 0 Å². The van der Waals surface area contributed by atoms with Crippen molar-refractivity contribution in [3.8, 4) is 0 Å². The maximum absolute atomic E-state index is 13.6. The molecule has 1 aromatic carbocycles. The number of aromatic nitrogens is 2. The molecule has 2 aliphatic rings. The van der Waals surface area contributed by atoms with Crippen molar-refractivity contribution in [1.82, 2.24) is 14.9 Å². The van der Waals surface area contributed by atoms with E-state index in [1.165, 1.54) is 6.07 Å². The molecule has 238 valence electrons. The summed E-state index contributed by atoms with van der Waals surface area (Å²) in [4.78, 5) is 27.9. The number of hydrogen-bond acceptors (Lipinski definition) is 8. The van der Waals surface area contributed by atoms with Gasteiger partial charge in [-0.05, 0) is 63.3 Å². The number of sulfone groups is 1. The first-order valence-electron chi connectivity index (χ1n) is 14.6. The zero-order valence-electron chi connectivity index (χ0n) is 24.8. The molecule has 3 atom stereocenters. The summed E-state index contributed by atoms with van der Waals surface area (Å²) in [6, 6.07) is 2.99. The molecular formula is C29H39ClF3N5O4S. The summed E-state index contributed by atoms with van der Waals surface area (Å²) >= 11 is 6.13. The Bertz CT molecular complexity index is 1350. The molecule has 0 unspecified atom stereocenters. The van der Waals surface area contributed by atoms with Crippen molar-refractivity contribution in [3.63, 3.8) is 0 Å². The second-order valence-corrected chi connectivity index (χ2v) is 14.2. The number of nitrogens with zero attached hydrogens (tertiary/aromatic N) is 5. The van der Waals surface area contributed by atoms with Crippen molar-refractivity contribution in [3.05, 3.63) is 46.7 Å². The number of hydrogen-bond donors (Lipinski definition) is 0. The number of piperidine rings is 1. The molecule has 0 radical (unpaired) electrons. The molecule has 0 spiro atoms. The molecule has 2 fully saturated rings. The third-order valence-corrected chi connectivity index (χ3v) is 9.86. The van der Waals surface area contributed by atoms with E-state index >= 15 is 0 Å². The molecule has 43 heavy (non-hydrogen) atoms. The van der Waals surface area contributed by atoms with E-state index < -0.39 is 21.6 Å². The number of carbonyl (C=O) groups is 1.